The minimum atomic E-state index is -0.129. The van der Waals surface area contributed by atoms with Crippen molar-refractivity contribution in [2.45, 2.75) is 20.3 Å². The van der Waals surface area contributed by atoms with Gasteiger partial charge in [0.1, 0.15) is 11.3 Å². The molecule has 1 N–H and O–H groups in total. The Morgan fingerprint density at radius 1 is 1.13 bits per heavy atom. The molecule has 0 saturated carbocycles. The van der Waals surface area contributed by atoms with Gasteiger partial charge in [-0.25, -0.2) is 0 Å². The first-order valence-corrected chi connectivity index (χ1v) is 7.51. The molecule has 0 fully saturated rings. The fourth-order valence-corrected chi connectivity index (χ4v) is 2.42. The third kappa shape index (κ3) is 3.16. The molecule has 4 heteroatoms. The highest BCUT2D eigenvalue weighted by Gasteiger charge is 2.09. The van der Waals surface area contributed by atoms with E-state index < -0.39 is 0 Å². The van der Waals surface area contributed by atoms with Gasteiger partial charge in [0, 0.05) is 23.7 Å². The van der Waals surface area contributed by atoms with Gasteiger partial charge >= 0.3 is 0 Å². The van der Waals surface area contributed by atoms with E-state index >= 15 is 0 Å². The lowest BCUT2D eigenvalue weighted by atomic mass is 10.1. The molecule has 0 aliphatic heterocycles. The van der Waals surface area contributed by atoms with Crippen LogP contribution in [0.4, 0.5) is 5.69 Å². The number of hydrogen-bond acceptors (Lipinski definition) is 3. The number of rotatable bonds is 3. The van der Waals surface area contributed by atoms with Gasteiger partial charge in [0.2, 0.25) is 5.91 Å². The number of aryl methyl sites for hydroxylation is 1. The lowest BCUT2D eigenvalue weighted by Gasteiger charge is -2.07. The van der Waals surface area contributed by atoms with E-state index in [0.717, 1.165) is 11.1 Å². The van der Waals surface area contributed by atoms with Crippen molar-refractivity contribution in [2.24, 2.45) is 0 Å². The molecule has 0 aliphatic carbocycles. The Labute approximate surface area is 133 Å². The molecule has 0 bridgehead atoms. The van der Waals surface area contributed by atoms with E-state index in [1.54, 1.807) is 25.1 Å². The summed E-state index contributed by atoms with van der Waals surface area (Å²) in [5, 5.41) is 3.20. The Balaban J connectivity index is 2.08. The molecule has 1 aromatic heterocycles. The smallest absolute Gasteiger partial charge is 0.224 e. The van der Waals surface area contributed by atoms with Gasteiger partial charge in [-0.3, -0.25) is 9.59 Å². The largest absolute Gasteiger partial charge is 0.456 e. The zero-order chi connectivity index (χ0) is 16.4. The monoisotopic (exact) mass is 307 g/mol. The van der Waals surface area contributed by atoms with Crippen molar-refractivity contribution in [3.63, 3.8) is 0 Å². The normalized spacial score (nSPS) is 10.7. The Morgan fingerprint density at radius 3 is 2.70 bits per heavy atom. The van der Waals surface area contributed by atoms with Crippen LogP contribution in [-0.4, -0.2) is 5.91 Å². The van der Waals surface area contributed by atoms with Crippen molar-refractivity contribution >= 4 is 22.6 Å². The SMILES string of the molecule is CCC(=O)Nc1ccc2oc(-c3cccc(C)c3)cc(=O)c2c1. The van der Waals surface area contributed by atoms with Crippen molar-refractivity contribution in [1.29, 1.82) is 0 Å². The molecule has 4 nitrogen and oxygen atoms in total. The quantitative estimate of drug-likeness (QED) is 0.792. The second-order valence-corrected chi connectivity index (χ2v) is 5.46. The predicted molar refractivity (Wildman–Crippen MR) is 91.6 cm³/mol. The van der Waals surface area contributed by atoms with E-state index in [1.165, 1.54) is 6.07 Å². The molecule has 1 heterocycles. The third-order valence-electron chi connectivity index (χ3n) is 3.63. The van der Waals surface area contributed by atoms with Gasteiger partial charge in [0.15, 0.2) is 5.43 Å². The molecule has 0 unspecified atom stereocenters. The second-order valence-electron chi connectivity index (χ2n) is 5.46. The summed E-state index contributed by atoms with van der Waals surface area (Å²) in [6.07, 6.45) is 0.388. The number of fused-ring (bicyclic) bond motifs is 1. The molecule has 0 spiro atoms. The van der Waals surface area contributed by atoms with Crippen LogP contribution in [0.1, 0.15) is 18.9 Å². The van der Waals surface area contributed by atoms with E-state index in [1.807, 2.05) is 31.2 Å². The minimum Gasteiger partial charge on any atom is -0.456 e. The predicted octanol–water partition coefficient (Wildman–Crippen LogP) is 4.12. The number of benzene rings is 2. The lowest BCUT2D eigenvalue weighted by Crippen LogP contribution is -2.10. The van der Waals surface area contributed by atoms with E-state index in [4.69, 9.17) is 4.42 Å². The first-order valence-electron chi connectivity index (χ1n) is 7.51. The van der Waals surface area contributed by atoms with Crippen LogP contribution in [0.25, 0.3) is 22.3 Å². The molecule has 0 atom stereocenters. The molecular weight excluding hydrogens is 290 g/mol. The van der Waals surface area contributed by atoms with Crippen molar-refractivity contribution in [2.75, 3.05) is 5.32 Å². The van der Waals surface area contributed by atoms with E-state index in [9.17, 15) is 9.59 Å². The summed E-state index contributed by atoms with van der Waals surface area (Å²) < 4.78 is 5.86. The Hall–Kier alpha value is -2.88. The fraction of sp³-hybridized carbons (Fsp3) is 0.158. The molecule has 2 aromatic carbocycles. The van der Waals surface area contributed by atoms with Gasteiger partial charge in [0.25, 0.3) is 0 Å². The average molecular weight is 307 g/mol. The van der Waals surface area contributed by atoms with Gasteiger partial charge < -0.3 is 9.73 Å². The number of nitrogens with one attached hydrogen (secondary N) is 1. The van der Waals surface area contributed by atoms with Gasteiger partial charge in [0.05, 0.1) is 5.39 Å². The zero-order valence-electron chi connectivity index (χ0n) is 13.1. The highest BCUT2D eigenvalue weighted by molar-refractivity contribution is 5.93. The molecule has 0 radical (unpaired) electrons. The van der Waals surface area contributed by atoms with Crippen LogP contribution in [0, 0.1) is 6.92 Å². The van der Waals surface area contributed by atoms with E-state index in [2.05, 4.69) is 5.32 Å². The van der Waals surface area contributed by atoms with Crippen LogP contribution >= 0.6 is 0 Å². The maximum Gasteiger partial charge on any atom is 0.224 e. The van der Waals surface area contributed by atoms with Crippen molar-refractivity contribution in [1.82, 2.24) is 0 Å². The first kappa shape index (κ1) is 15.0. The van der Waals surface area contributed by atoms with Crippen LogP contribution in [0.15, 0.2) is 57.7 Å². The topological polar surface area (TPSA) is 59.3 Å². The number of carbonyl (C=O) groups excluding carboxylic acids is 1. The van der Waals surface area contributed by atoms with Crippen molar-refractivity contribution in [3.8, 4) is 11.3 Å². The molecule has 116 valence electrons. The van der Waals surface area contributed by atoms with Crippen LogP contribution in [0.5, 0.6) is 0 Å². The summed E-state index contributed by atoms with van der Waals surface area (Å²) in [7, 11) is 0. The zero-order valence-corrected chi connectivity index (χ0v) is 13.1. The number of hydrogen-bond donors (Lipinski definition) is 1. The summed E-state index contributed by atoms with van der Waals surface area (Å²) in [6.45, 7) is 3.77. The molecule has 0 saturated heterocycles. The summed E-state index contributed by atoms with van der Waals surface area (Å²) >= 11 is 0. The van der Waals surface area contributed by atoms with Gasteiger partial charge in [-0.1, -0.05) is 30.7 Å². The van der Waals surface area contributed by atoms with Gasteiger partial charge in [-0.05, 0) is 31.2 Å². The molecule has 3 aromatic rings. The van der Waals surface area contributed by atoms with Gasteiger partial charge in [-0.2, -0.15) is 0 Å². The third-order valence-corrected chi connectivity index (χ3v) is 3.63. The maximum atomic E-state index is 12.4. The summed E-state index contributed by atoms with van der Waals surface area (Å²) in [6, 6.07) is 14.4. The van der Waals surface area contributed by atoms with E-state index in [-0.39, 0.29) is 11.3 Å². The molecule has 3 rings (SSSR count). The standard InChI is InChI=1S/C19H17NO3/c1-3-19(22)20-14-7-8-17-15(10-14)16(21)11-18(23-17)13-6-4-5-12(2)9-13/h4-11H,3H2,1-2H3,(H,20,22). The lowest BCUT2D eigenvalue weighted by molar-refractivity contribution is -0.115. The summed E-state index contributed by atoms with van der Waals surface area (Å²) in [5.74, 6) is 0.446. The number of amides is 1. The second kappa shape index (κ2) is 6.08. The summed E-state index contributed by atoms with van der Waals surface area (Å²) in [5.41, 5.74) is 2.94. The molecule has 1 amide bonds. The highest BCUT2D eigenvalue weighted by Crippen LogP contribution is 2.24. The highest BCUT2D eigenvalue weighted by atomic mass is 16.3. The summed E-state index contributed by atoms with van der Waals surface area (Å²) in [4.78, 5) is 23.9. The average Bonchev–Trinajstić information content (AvgIpc) is 2.55. The van der Waals surface area contributed by atoms with Crippen LogP contribution in [0.2, 0.25) is 0 Å². The molecule has 0 aliphatic rings. The van der Waals surface area contributed by atoms with Crippen LogP contribution in [-0.2, 0) is 4.79 Å². The van der Waals surface area contributed by atoms with Crippen molar-refractivity contribution < 1.29 is 9.21 Å². The number of carbonyl (C=O) groups is 1. The molecule has 23 heavy (non-hydrogen) atoms. The van der Waals surface area contributed by atoms with E-state index in [0.29, 0.717) is 28.8 Å². The molecular formula is C19H17NO3. The van der Waals surface area contributed by atoms with Crippen molar-refractivity contribution in [3.05, 3.63) is 64.3 Å². The Kier molecular flexibility index (Phi) is 3.98. The minimum absolute atomic E-state index is 0.0925. The fourth-order valence-electron chi connectivity index (χ4n) is 2.42. The first-order chi connectivity index (χ1) is 11.1. The Bertz CT molecular complexity index is 941. The number of anilines is 1. The van der Waals surface area contributed by atoms with Crippen LogP contribution < -0.4 is 10.7 Å². The van der Waals surface area contributed by atoms with Gasteiger partial charge in [-0.15, -0.1) is 0 Å². The maximum absolute atomic E-state index is 12.4. The van der Waals surface area contributed by atoms with Crippen LogP contribution in [0.3, 0.4) is 0 Å². The Morgan fingerprint density at radius 2 is 1.96 bits per heavy atom.